The smallest absolute Gasteiger partial charge is 0.277 e. The van der Waals surface area contributed by atoms with Crippen LogP contribution in [0.5, 0.6) is 0 Å². The minimum Gasteiger partial charge on any atom is -0.277 e. The maximum absolute atomic E-state index is 12.5. The van der Waals surface area contributed by atoms with Crippen molar-refractivity contribution >= 4 is 17.8 Å². The number of carbonyl (C=O) groups is 3. The lowest BCUT2D eigenvalue weighted by molar-refractivity contribution is -0.146. The lowest BCUT2D eigenvalue weighted by atomic mass is 9.70. The van der Waals surface area contributed by atoms with Crippen LogP contribution in [-0.4, -0.2) is 17.8 Å². The van der Waals surface area contributed by atoms with Crippen molar-refractivity contribution in [3.8, 4) is 0 Å². The van der Waals surface area contributed by atoms with Gasteiger partial charge in [-0.05, 0) is 18.8 Å². The molecular formula is C17H28N2O3. The molecule has 0 unspecified atom stereocenters. The highest BCUT2D eigenvalue weighted by Gasteiger charge is 2.50. The van der Waals surface area contributed by atoms with Gasteiger partial charge in [0.05, 0.1) is 0 Å². The summed E-state index contributed by atoms with van der Waals surface area (Å²) >= 11 is 0. The molecule has 22 heavy (non-hydrogen) atoms. The van der Waals surface area contributed by atoms with Gasteiger partial charge >= 0.3 is 6.03 Å². The summed E-state index contributed by atoms with van der Waals surface area (Å²) in [6.45, 7) is 2.14. The van der Waals surface area contributed by atoms with Gasteiger partial charge in [0, 0.05) is 0 Å². The number of urea groups is 1. The Balaban J connectivity index is 2.09. The molecule has 5 nitrogen and oxygen atoms in total. The summed E-state index contributed by atoms with van der Waals surface area (Å²) in [5, 5.41) is 4.64. The van der Waals surface area contributed by atoms with Crippen LogP contribution in [-0.2, 0) is 9.59 Å². The van der Waals surface area contributed by atoms with Crippen molar-refractivity contribution in [2.75, 3.05) is 0 Å². The summed E-state index contributed by atoms with van der Waals surface area (Å²) < 4.78 is 0. The Kier molecular flexibility index (Phi) is 5.98. The molecule has 0 bridgehead atoms. The molecule has 0 spiro atoms. The number of hydrogen-bond donors (Lipinski definition) is 2. The zero-order valence-corrected chi connectivity index (χ0v) is 13.6. The molecule has 0 aromatic rings. The minimum atomic E-state index is -1.04. The molecule has 2 N–H and O–H groups in total. The third-order valence-corrected chi connectivity index (χ3v) is 5.14. The Morgan fingerprint density at radius 3 is 2.18 bits per heavy atom. The van der Waals surface area contributed by atoms with E-state index in [9.17, 15) is 14.4 Å². The van der Waals surface area contributed by atoms with Crippen LogP contribution in [0.3, 0.4) is 0 Å². The van der Waals surface area contributed by atoms with Crippen molar-refractivity contribution in [2.45, 2.75) is 77.6 Å². The van der Waals surface area contributed by atoms with E-state index in [2.05, 4.69) is 17.6 Å². The van der Waals surface area contributed by atoms with Crippen LogP contribution < -0.4 is 10.6 Å². The summed E-state index contributed by atoms with van der Waals surface area (Å²) in [5.74, 6) is -0.351. The average Bonchev–Trinajstić information content (AvgIpc) is 2.49. The number of carbonyl (C=O) groups excluding carboxylic acids is 3. The zero-order valence-electron chi connectivity index (χ0n) is 13.6. The first-order chi connectivity index (χ1) is 10.6. The van der Waals surface area contributed by atoms with Gasteiger partial charge < -0.3 is 0 Å². The quantitative estimate of drug-likeness (QED) is 0.560. The van der Waals surface area contributed by atoms with E-state index < -0.39 is 11.4 Å². The topological polar surface area (TPSA) is 75.3 Å². The van der Waals surface area contributed by atoms with Gasteiger partial charge in [-0.1, -0.05) is 64.7 Å². The van der Waals surface area contributed by atoms with Gasteiger partial charge in [-0.15, -0.1) is 0 Å². The van der Waals surface area contributed by atoms with Crippen molar-refractivity contribution in [1.29, 1.82) is 0 Å². The van der Waals surface area contributed by atoms with Crippen molar-refractivity contribution in [1.82, 2.24) is 10.6 Å². The minimum absolute atomic E-state index is 0.386. The second-order valence-corrected chi connectivity index (χ2v) is 6.84. The van der Waals surface area contributed by atoms with Gasteiger partial charge in [-0.2, -0.15) is 0 Å². The number of unbranched alkanes of at least 4 members (excludes halogenated alkanes) is 3. The molecule has 1 heterocycles. The number of hydrogen-bond acceptors (Lipinski definition) is 3. The normalized spacial score (nSPS) is 22.3. The van der Waals surface area contributed by atoms with Gasteiger partial charge in [0.2, 0.25) is 11.8 Å². The monoisotopic (exact) mass is 308 g/mol. The molecule has 1 aliphatic carbocycles. The predicted molar refractivity (Wildman–Crippen MR) is 84.1 cm³/mol. The second kappa shape index (κ2) is 7.75. The summed E-state index contributed by atoms with van der Waals surface area (Å²) in [6, 6.07) is -0.678. The molecule has 0 radical (unpaired) electrons. The highest BCUT2D eigenvalue weighted by molar-refractivity contribution is 6.19. The molecule has 0 atom stereocenters. The van der Waals surface area contributed by atoms with Gasteiger partial charge in [-0.25, -0.2) is 4.79 Å². The van der Waals surface area contributed by atoms with Crippen LogP contribution in [0.25, 0.3) is 0 Å². The summed E-state index contributed by atoms with van der Waals surface area (Å²) in [5.41, 5.74) is -1.04. The lowest BCUT2D eigenvalue weighted by Gasteiger charge is -2.37. The van der Waals surface area contributed by atoms with E-state index in [0.717, 1.165) is 38.5 Å². The van der Waals surface area contributed by atoms with E-state index in [0.29, 0.717) is 18.8 Å². The SMILES string of the molecule is CCCCCCC1(CC2CCCCC2)C(=O)NC(=O)NC1=O. The first-order valence-electron chi connectivity index (χ1n) is 8.75. The van der Waals surface area contributed by atoms with E-state index in [1.165, 1.54) is 19.3 Å². The number of barbiturate groups is 1. The summed E-state index contributed by atoms with van der Waals surface area (Å²) in [7, 11) is 0. The highest BCUT2D eigenvalue weighted by Crippen LogP contribution is 2.39. The van der Waals surface area contributed by atoms with E-state index in [4.69, 9.17) is 0 Å². The molecule has 1 saturated heterocycles. The predicted octanol–water partition coefficient (Wildman–Crippen LogP) is 3.28. The highest BCUT2D eigenvalue weighted by atomic mass is 16.2. The van der Waals surface area contributed by atoms with Crippen LogP contribution in [0.1, 0.15) is 77.6 Å². The Labute approximate surface area is 132 Å². The van der Waals surface area contributed by atoms with Crippen LogP contribution in [0.2, 0.25) is 0 Å². The number of nitrogens with one attached hydrogen (secondary N) is 2. The Morgan fingerprint density at radius 2 is 1.59 bits per heavy atom. The van der Waals surface area contributed by atoms with Crippen molar-refractivity contribution in [2.24, 2.45) is 11.3 Å². The molecule has 5 heteroatoms. The molecule has 2 rings (SSSR count). The molecule has 1 aliphatic heterocycles. The fourth-order valence-corrected chi connectivity index (χ4v) is 3.83. The molecule has 124 valence electrons. The molecular weight excluding hydrogens is 280 g/mol. The van der Waals surface area contributed by atoms with E-state index in [1.54, 1.807) is 0 Å². The maximum atomic E-state index is 12.5. The van der Waals surface area contributed by atoms with Crippen LogP contribution in [0.4, 0.5) is 4.79 Å². The molecule has 2 fully saturated rings. The van der Waals surface area contributed by atoms with Crippen LogP contribution in [0.15, 0.2) is 0 Å². The fraction of sp³-hybridized carbons (Fsp3) is 0.824. The Hall–Kier alpha value is -1.39. The van der Waals surface area contributed by atoms with Crippen molar-refractivity contribution < 1.29 is 14.4 Å². The first-order valence-corrected chi connectivity index (χ1v) is 8.75. The van der Waals surface area contributed by atoms with Crippen LogP contribution in [0, 0.1) is 11.3 Å². The molecule has 4 amide bonds. The second-order valence-electron chi connectivity index (χ2n) is 6.84. The van der Waals surface area contributed by atoms with E-state index >= 15 is 0 Å². The molecule has 0 aromatic heterocycles. The molecule has 0 aromatic carbocycles. The standard InChI is InChI=1S/C17H28N2O3/c1-2-3-4-8-11-17(12-13-9-6-5-7-10-13)14(20)18-16(22)19-15(17)21/h13H,2-12H2,1H3,(H2,18,19,20,21,22). The number of amides is 4. The van der Waals surface area contributed by atoms with Crippen LogP contribution >= 0.6 is 0 Å². The lowest BCUT2D eigenvalue weighted by Crippen LogP contribution is -2.62. The first kappa shape index (κ1) is 17.0. The maximum Gasteiger partial charge on any atom is 0.328 e. The zero-order chi connectivity index (χ0) is 16.0. The van der Waals surface area contributed by atoms with Gasteiger partial charge in [0.25, 0.3) is 0 Å². The summed E-state index contributed by atoms with van der Waals surface area (Å²) in [4.78, 5) is 36.3. The molecule has 1 saturated carbocycles. The van der Waals surface area contributed by atoms with Gasteiger partial charge in [-0.3, -0.25) is 20.2 Å². The third kappa shape index (κ3) is 3.87. The van der Waals surface area contributed by atoms with E-state index in [-0.39, 0.29) is 11.8 Å². The largest absolute Gasteiger partial charge is 0.328 e. The van der Waals surface area contributed by atoms with Gasteiger partial charge in [0.15, 0.2) is 0 Å². The fourth-order valence-electron chi connectivity index (χ4n) is 3.83. The number of imide groups is 2. The van der Waals surface area contributed by atoms with Gasteiger partial charge in [0.1, 0.15) is 5.41 Å². The van der Waals surface area contributed by atoms with Crippen molar-refractivity contribution in [3.05, 3.63) is 0 Å². The third-order valence-electron chi connectivity index (χ3n) is 5.14. The number of rotatable bonds is 7. The Morgan fingerprint density at radius 1 is 0.955 bits per heavy atom. The molecule has 2 aliphatic rings. The van der Waals surface area contributed by atoms with E-state index in [1.807, 2.05) is 0 Å². The Bertz CT molecular complexity index is 408. The summed E-state index contributed by atoms with van der Waals surface area (Å²) in [6.07, 6.45) is 11.0. The average molecular weight is 308 g/mol. The van der Waals surface area contributed by atoms with Crippen molar-refractivity contribution in [3.63, 3.8) is 0 Å².